The van der Waals surface area contributed by atoms with E-state index < -0.39 is 0 Å². The molecule has 0 atom stereocenters. The third-order valence-electron chi connectivity index (χ3n) is 0.577. The average molecular weight is 138 g/mol. The first-order chi connectivity index (χ1) is 3.06. The Morgan fingerprint density at radius 1 is 1.25 bits per heavy atom. The van der Waals surface area contributed by atoms with E-state index in [0.717, 1.165) is 0 Å². The molecule has 0 unspecified atom stereocenters. The van der Waals surface area contributed by atoms with Crippen LogP contribution in [0.15, 0.2) is 0 Å². The molecule has 0 aliphatic rings. The molecular formula is C6H15FS. The molecule has 0 fully saturated rings. The average Bonchev–Trinajstić information content (AvgIpc) is 1.30. The minimum Gasteiger partial charge on any atom is -0.269 e. The summed E-state index contributed by atoms with van der Waals surface area (Å²) in [6.07, 6.45) is 0. The zero-order valence-electron chi connectivity index (χ0n) is 6.02. The summed E-state index contributed by atoms with van der Waals surface area (Å²) >= 11 is 1.99. The van der Waals surface area contributed by atoms with Gasteiger partial charge in [-0.15, -0.1) is 0 Å². The normalized spacial score (nSPS) is 10.5. The lowest BCUT2D eigenvalue weighted by atomic mass is 10.3. The van der Waals surface area contributed by atoms with E-state index in [-0.39, 0.29) is 4.70 Å². The first-order valence-corrected chi connectivity index (χ1v) is 3.69. The highest BCUT2D eigenvalue weighted by molar-refractivity contribution is 8.00. The number of thioether (sulfide) groups is 1. The van der Waals surface area contributed by atoms with Gasteiger partial charge in [-0.1, -0.05) is 27.7 Å². The lowest BCUT2D eigenvalue weighted by Crippen LogP contribution is -2.06. The van der Waals surface area contributed by atoms with Crippen molar-refractivity contribution in [2.75, 3.05) is 5.75 Å². The molecule has 0 aliphatic carbocycles. The Labute approximate surface area is 55.4 Å². The third kappa shape index (κ3) is 9.56. The fraction of sp³-hybridized carbons (Fsp3) is 1.00. The summed E-state index contributed by atoms with van der Waals surface area (Å²) < 4.78 is 0.467. The maximum atomic E-state index is 2.24. The van der Waals surface area contributed by atoms with E-state index in [2.05, 4.69) is 27.7 Å². The molecular weight excluding hydrogens is 123 g/mol. The van der Waals surface area contributed by atoms with Gasteiger partial charge in [-0.2, -0.15) is 11.8 Å². The summed E-state index contributed by atoms with van der Waals surface area (Å²) in [6.45, 7) is 8.90. The molecule has 2 heteroatoms. The van der Waals surface area contributed by atoms with Gasteiger partial charge in [-0.25, -0.2) is 0 Å². The van der Waals surface area contributed by atoms with Crippen molar-refractivity contribution in [3.05, 3.63) is 0 Å². The second-order valence-electron chi connectivity index (χ2n) is 2.55. The summed E-state index contributed by atoms with van der Waals surface area (Å²) in [7, 11) is 0. The van der Waals surface area contributed by atoms with Crippen LogP contribution in [0.4, 0.5) is 4.70 Å². The second kappa shape index (κ2) is 4.19. The standard InChI is InChI=1S/C6H14S.FH/c1-5-7-6(2,3)4;/h5H2,1-4H3;1H. The van der Waals surface area contributed by atoms with Gasteiger partial charge in [0, 0.05) is 4.75 Å². The fourth-order valence-electron chi connectivity index (χ4n) is 0.433. The van der Waals surface area contributed by atoms with Crippen LogP contribution in [-0.2, 0) is 0 Å². The molecule has 52 valence electrons. The Balaban J connectivity index is 0. The van der Waals surface area contributed by atoms with Crippen LogP contribution in [0.5, 0.6) is 0 Å². The van der Waals surface area contributed by atoms with Crippen molar-refractivity contribution in [2.45, 2.75) is 32.4 Å². The highest BCUT2D eigenvalue weighted by Gasteiger charge is 2.06. The van der Waals surface area contributed by atoms with Crippen molar-refractivity contribution in [1.82, 2.24) is 0 Å². The van der Waals surface area contributed by atoms with Crippen LogP contribution < -0.4 is 0 Å². The van der Waals surface area contributed by atoms with Gasteiger partial charge in [0.25, 0.3) is 0 Å². The predicted octanol–water partition coefficient (Wildman–Crippen LogP) is 2.69. The molecule has 0 aliphatic heterocycles. The number of rotatable bonds is 1. The molecule has 0 rings (SSSR count). The van der Waals surface area contributed by atoms with Crippen LogP contribution in [0.1, 0.15) is 27.7 Å². The maximum absolute atomic E-state index is 2.24. The first kappa shape index (κ1) is 11.1. The molecule has 0 aromatic heterocycles. The van der Waals surface area contributed by atoms with E-state index in [0.29, 0.717) is 4.75 Å². The van der Waals surface area contributed by atoms with Crippen molar-refractivity contribution in [3.8, 4) is 0 Å². The Morgan fingerprint density at radius 3 is 1.62 bits per heavy atom. The van der Waals surface area contributed by atoms with Crippen LogP contribution in [0, 0.1) is 0 Å². The highest BCUT2D eigenvalue weighted by Crippen LogP contribution is 2.21. The maximum Gasteiger partial charge on any atom is 0.00749 e. The van der Waals surface area contributed by atoms with Gasteiger partial charge in [-0.05, 0) is 5.75 Å². The molecule has 0 aromatic rings. The zero-order valence-corrected chi connectivity index (χ0v) is 6.84. The highest BCUT2D eigenvalue weighted by atomic mass is 32.2. The summed E-state index contributed by atoms with van der Waals surface area (Å²) in [4.78, 5) is 0. The van der Waals surface area contributed by atoms with Gasteiger partial charge in [0.2, 0.25) is 0 Å². The van der Waals surface area contributed by atoms with Crippen molar-refractivity contribution in [1.29, 1.82) is 0 Å². The van der Waals surface area contributed by atoms with Crippen LogP contribution >= 0.6 is 11.8 Å². The van der Waals surface area contributed by atoms with Crippen LogP contribution in [-0.4, -0.2) is 10.5 Å². The van der Waals surface area contributed by atoms with Gasteiger partial charge in [0.15, 0.2) is 0 Å². The molecule has 0 nitrogen and oxygen atoms in total. The molecule has 0 aromatic carbocycles. The van der Waals surface area contributed by atoms with Gasteiger partial charge in [0.05, 0.1) is 0 Å². The Hall–Kier alpha value is 0.280. The Bertz CT molecular complexity index is 47.0. The van der Waals surface area contributed by atoms with Gasteiger partial charge >= 0.3 is 0 Å². The quantitative estimate of drug-likeness (QED) is 0.537. The number of halogens is 1. The summed E-state index contributed by atoms with van der Waals surface area (Å²) in [5, 5.41) is 0. The molecule has 0 radical (unpaired) electrons. The van der Waals surface area contributed by atoms with Crippen molar-refractivity contribution in [2.24, 2.45) is 0 Å². The van der Waals surface area contributed by atoms with Crippen LogP contribution in [0.3, 0.4) is 0 Å². The molecule has 0 heterocycles. The minimum atomic E-state index is 0. The summed E-state index contributed by atoms with van der Waals surface area (Å²) in [5.74, 6) is 1.23. The molecule has 0 amide bonds. The van der Waals surface area contributed by atoms with E-state index >= 15 is 0 Å². The smallest absolute Gasteiger partial charge is 0.00749 e. The van der Waals surface area contributed by atoms with Crippen molar-refractivity contribution >= 4 is 11.8 Å². The van der Waals surface area contributed by atoms with Gasteiger partial charge in [0.1, 0.15) is 0 Å². The molecule has 0 bridgehead atoms. The lowest BCUT2D eigenvalue weighted by Gasteiger charge is -2.14. The van der Waals surface area contributed by atoms with Crippen LogP contribution in [0.2, 0.25) is 0 Å². The zero-order chi connectivity index (χ0) is 5.91. The Kier molecular flexibility index (Phi) is 5.82. The first-order valence-electron chi connectivity index (χ1n) is 2.70. The summed E-state index contributed by atoms with van der Waals surface area (Å²) in [6, 6.07) is 0. The summed E-state index contributed by atoms with van der Waals surface area (Å²) in [5.41, 5.74) is 0. The molecule has 0 N–H and O–H groups in total. The third-order valence-corrected chi connectivity index (χ3v) is 1.73. The van der Waals surface area contributed by atoms with Gasteiger partial charge < -0.3 is 0 Å². The molecule has 8 heavy (non-hydrogen) atoms. The second-order valence-corrected chi connectivity index (χ2v) is 4.64. The lowest BCUT2D eigenvalue weighted by molar-refractivity contribution is 0.803. The predicted molar refractivity (Wildman–Crippen MR) is 40.4 cm³/mol. The van der Waals surface area contributed by atoms with Crippen molar-refractivity contribution < 1.29 is 4.70 Å². The Morgan fingerprint density at radius 2 is 1.62 bits per heavy atom. The van der Waals surface area contributed by atoms with E-state index in [4.69, 9.17) is 0 Å². The van der Waals surface area contributed by atoms with Crippen molar-refractivity contribution in [3.63, 3.8) is 0 Å². The van der Waals surface area contributed by atoms with E-state index in [1.165, 1.54) is 5.75 Å². The minimum absolute atomic E-state index is 0. The fourth-order valence-corrected chi connectivity index (χ4v) is 1.30. The topological polar surface area (TPSA) is 0 Å². The van der Waals surface area contributed by atoms with Crippen LogP contribution in [0.25, 0.3) is 0 Å². The van der Waals surface area contributed by atoms with E-state index in [1.807, 2.05) is 11.8 Å². The van der Waals surface area contributed by atoms with Gasteiger partial charge in [-0.3, -0.25) is 4.70 Å². The van der Waals surface area contributed by atoms with E-state index in [1.54, 1.807) is 0 Å². The number of hydrogen-bond acceptors (Lipinski definition) is 1. The largest absolute Gasteiger partial charge is 0.269 e. The molecule has 0 spiro atoms. The molecule has 0 saturated heterocycles. The molecule has 0 saturated carbocycles. The van der Waals surface area contributed by atoms with E-state index in [9.17, 15) is 0 Å². The number of hydrogen-bond donors (Lipinski definition) is 0. The monoisotopic (exact) mass is 138 g/mol. The SMILES string of the molecule is CCSC(C)(C)C.F.